The first-order chi connectivity index (χ1) is 11.4. The van der Waals surface area contributed by atoms with Crippen LogP contribution in [0.15, 0.2) is 24.4 Å². The number of rotatable bonds is 3. The monoisotopic (exact) mass is 441 g/mol. The minimum Gasteiger partial charge on any atom is -0.465 e. The predicted octanol–water partition coefficient (Wildman–Crippen LogP) is 3.17. The fourth-order valence-electron chi connectivity index (χ4n) is 2.36. The molecule has 0 bridgehead atoms. The van der Waals surface area contributed by atoms with Gasteiger partial charge in [0.15, 0.2) is 5.65 Å². The van der Waals surface area contributed by atoms with Crippen LogP contribution < -0.4 is 4.90 Å². The third kappa shape index (κ3) is 3.03. The molecule has 0 aliphatic rings. The lowest BCUT2D eigenvalue weighted by molar-refractivity contribution is 0.201. The van der Waals surface area contributed by atoms with E-state index in [0.717, 1.165) is 14.2 Å². The van der Waals surface area contributed by atoms with E-state index < -0.39 is 12.0 Å². The normalized spacial score (nSPS) is 11.0. The Morgan fingerprint density at radius 1 is 1.42 bits per heavy atom. The van der Waals surface area contributed by atoms with Crippen molar-refractivity contribution < 1.29 is 14.3 Å². The van der Waals surface area contributed by atoms with Gasteiger partial charge in [-0.15, -0.1) is 0 Å². The summed E-state index contributed by atoms with van der Waals surface area (Å²) in [5, 5.41) is 14.0. The average Bonchev–Trinajstić information content (AvgIpc) is 2.80. The molecule has 9 heteroatoms. The number of nitrogens with zero attached hydrogens (tertiary/aromatic N) is 5. The topological polar surface area (TPSA) is 83.6 Å². The van der Waals surface area contributed by atoms with Crippen LogP contribution in [-0.4, -0.2) is 30.8 Å². The van der Waals surface area contributed by atoms with Crippen molar-refractivity contribution in [1.29, 1.82) is 0 Å². The molecule has 3 heterocycles. The lowest BCUT2D eigenvalue weighted by Gasteiger charge is -2.20. The molecule has 0 spiro atoms. The van der Waals surface area contributed by atoms with Gasteiger partial charge in [-0.3, -0.25) is 4.90 Å². The first-order valence-corrected chi connectivity index (χ1v) is 8.08. The highest BCUT2D eigenvalue weighted by atomic mass is 127. The van der Waals surface area contributed by atoms with Crippen molar-refractivity contribution in [2.24, 2.45) is 0 Å². The number of amides is 1. The standard InChI is InChI=1S/C15H13FIN5O2/c1-8-5-12(22-14(19-8)13(17)9(2)20-22)21(15(23)24)7-10-3-4-18-11(16)6-10/h3-6H,7H2,1-2H3,(H,23,24). The van der Waals surface area contributed by atoms with Gasteiger partial charge in [-0.25, -0.2) is 14.8 Å². The number of anilines is 1. The van der Waals surface area contributed by atoms with Crippen molar-refractivity contribution in [2.45, 2.75) is 20.4 Å². The van der Waals surface area contributed by atoms with Crippen molar-refractivity contribution in [3.05, 3.63) is 50.9 Å². The molecule has 124 valence electrons. The highest BCUT2D eigenvalue weighted by molar-refractivity contribution is 14.1. The molecule has 3 rings (SSSR count). The van der Waals surface area contributed by atoms with Crippen LogP contribution in [0.3, 0.4) is 0 Å². The molecule has 0 unspecified atom stereocenters. The summed E-state index contributed by atoms with van der Waals surface area (Å²) >= 11 is 2.13. The zero-order valence-electron chi connectivity index (χ0n) is 12.9. The van der Waals surface area contributed by atoms with Crippen molar-refractivity contribution >= 4 is 40.1 Å². The fraction of sp³-hybridized carbons (Fsp3) is 0.200. The Morgan fingerprint density at radius 3 is 2.83 bits per heavy atom. The molecule has 0 aliphatic carbocycles. The van der Waals surface area contributed by atoms with Crippen molar-refractivity contribution in [3.63, 3.8) is 0 Å². The average molecular weight is 441 g/mol. The van der Waals surface area contributed by atoms with Crippen LogP contribution in [0.25, 0.3) is 5.65 Å². The van der Waals surface area contributed by atoms with Crippen LogP contribution in [0.5, 0.6) is 0 Å². The Bertz CT molecular complexity index is 943. The largest absolute Gasteiger partial charge is 0.465 e. The smallest absolute Gasteiger partial charge is 0.413 e. The molecule has 0 radical (unpaired) electrons. The maximum Gasteiger partial charge on any atom is 0.413 e. The van der Waals surface area contributed by atoms with Crippen LogP contribution in [-0.2, 0) is 6.54 Å². The number of fused-ring (bicyclic) bond motifs is 1. The lowest BCUT2D eigenvalue weighted by Crippen LogP contribution is -2.31. The SMILES string of the molecule is Cc1cc(N(Cc2ccnc(F)c2)C(=O)O)n2nc(C)c(I)c2n1. The third-order valence-corrected chi connectivity index (χ3v) is 4.70. The minimum atomic E-state index is -1.16. The third-order valence-electron chi connectivity index (χ3n) is 3.44. The Kier molecular flexibility index (Phi) is 4.35. The second kappa shape index (κ2) is 6.30. The summed E-state index contributed by atoms with van der Waals surface area (Å²) < 4.78 is 15.6. The summed E-state index contributed by atoms with van der Waals surface area (Å²) in [6.07, 6.45) is 0.140. The van der Waals surface area contributed by atoms with E-state index in [2.05, 4.69) is 37.7 Å². The highest BCUT2D eigenvalue weighted by Crippen LogP contribution is 2.24. The van der Waals surface area contributed by atoms with Gasteiger partial charge >= 0.3 is 6.09 Å². The summed E-state index contributed by atoms with van der Waals surface area (Å²) in [6.45, 7) is 3.59. The van der Waals surface area contributed by atoms with Crippen LogP contribution in [0.1, 0.15) is 17.0 Å². The molecule has 24 heavy (non-hydrogen) atoms. The second-order valence-corrected chi connectivity index (χ2v) is 6.32. The number of aromatic nitrogens is 4. The van der Waals surface area contributed by atoms with E-state index in [0.29, 0.717) is 22.7 Å². The number of aryl methyl sites for hydroxylation is 2. The first kappa shape index (κ1) is 16.6. The Balaban J connectivity index is 2.14. The molecule has 0 aliphatic heterocycles. The number of hydrogen-bond donors (Lipinski definition) is 1. The van der Waals surface area contributed by atoms with Crippen LogP contribution in [0.2, 0.25) is 0 Å². The maximum atomic E-state index is 13.3. The molecule has 0 fully saturated rings. The quantitative estimate of drug-likeness (QED) is 0.499. The van der Waals surface area contributed by atoms with Gasteiger partial charge in [0.1, 0.15) is 5.82 Å². The Labute approximate surface area is 150 Å². The number of carbonyl (C=O) groups is 1. The first-order valence-electron chi connectivity index (χ1n) is 7.00. The summed E-state index contributed by atoms with van der Waals surface area (Å²) in [5.41, 5.74) is 2.51. The van der Waals surface area contributed by atoms with Crippen LogP contribution >= 0.6 is 22.6 Å². The number of carboxylic acid groups (broad SMARTS) is 1. The maximum absolute atomic E-state index is 13.3. The van der Waals surface area contributed by atoms with Crippen molar-refractivity contribution in [3.8, 4) is 0 Å². The van der Waals surface area contributed by atoms with Gasteiger partial charge in [0.25, 0.3) is 0 Å². The van der Waals surface area contributed by atoms with E-state index in [4.69, 9.17) is 0 Å². The Morgan fingerprint density at radius 2 is 2.17 bits per heavy atom. The van der Waals surface area contributed by atoms with E-state index >= 15 is 0 Å². The molecule has 1 N–H and O–H groups in total. The molecule has 0 saturated carbocycles. The minimum absolute atomic E-state index is 0.0250. The van der Waals surface area contributed by atoms with E-state index in [1.54, 1.807) is 19.1 Å². The van der Waals surface area contributed by atoms with Crippen LogP contribution in [0.4, 0.5) is 15.0 Å². The molecular formula is C15H13FIN5O2. The van der Waals surface area contributed by atoms with Crippen molar-refractivity contribution in [2.75, 3.05) is 4.90 Å². The zero-order chi connectivity index (χ0) is 17.4. The van der Waals surface area contributed by atoms with E-state index in [-0.39, 0.29) is 6.54 Å². The van der Waals surface area contributed by atoms with Gasteiger partial charge in [0.05, 0.1) is 15.8 Å². The molecule has 3 aromatic heterocycles. The highest BCUT2D eigenvalue weighted by Gasteiger charge is 2.21. The Hall–Kier alpha value is -2.30. The molecule has 0 aromatic carbocycles. The zero-order valence-corrected chi connectivity index (χ0v) is 15.0. The molecule has 0 atom stereocenters. The van der Waals surface area contributed by atoms with Gasteiger partial charge in [-0.1, -0.05) is 0 Å². The summed E-state index contributed by atoms with van der Waals surface area (Å²) in [6, 6.07) is 4.42. The molecule has 7 nitrogen and oxygen atoms in total. The van der Waals surface area contributed by atoms with E-state index in [9.17, 15) is 14.3 Å². The number of halogens is 2. The van der Waals surface area contributed by atoms with E-state index in [1.165, 1.54) is 16.8 Å². The molecular weight excluding hydrogens is 428 g/mol. The van der Waals surface area contributed by atoms with Crippen LogP contribution in [0, 0.1) is 23.4 Å². The summed E-state index contributed by atoms with van der Waals surface area (Å²) in [4.78, 5) is 20.8. The predicted molar refractivity (Wildman–Crippen MR) is 93.6 cm³/mol. The van der Waals surface area contributed by atoms with Gasteiger partial charge in [-0.05, 0) is 54.1 Å². The number of pyridine rings is 1. The number of hydrogen-bond acceptors (Lipinski definition) is 4. The van der Waals surface area contributed by atoms with Crippen molar-refractivity contribution in [1.82, 2.24) is 19.6 Å². The molecule has 0 saturated heterocycles. The fourth-order valence-corrected chi connectivity index (χ4v) is 2.82. The van der Waals surface area contributed by atoms with Gasteiger partial charge in [0.2, 0.25) is 5.95 Å². The summed E-state index contributed by atoms with van der Waals surface area (Å²) in [5.74, 6) is -0.299. The molecule has 3 aromatic rings. The van der Waals surface area contributed by atoms with E-state index in [1.807, 2.05) is 6.92 Å². The van der Waals surface area contributed by atoms with Gasteiger partial charge in [-0.2, -0.15) is 14.0 Å². The summed E-state index contributed by atoms with van der Waals surface area (Å²) in [7, 11) is 0. The second-order valence-electron chi connectivity index (χ2n) is 5.25. The van der Waals surface area contributed by atoms with Gasteiger partial charge < -0.3 is 5.11 Å². The molecule has 1 amide bonds. The van der Waals surface area contributed by atoms with Gasteiger partial charge in [0, 0.05) is 18.0 Å². The lowest BCUT2D eigenvalue weighted by atomic mass is 10.2.